The third-order valence-corrected chi connectivity index (χ3v) is 3.97. The van der Waals surface area contributed by atoms with Crippen LogP contribution in [0.4, 0.5) is 0 Å². The Morgan fingerprint density at radius 1 is 1.00 bits per heavy atom. The van der Waals surface area contributed by atoms with Gasteiger partial charge in [-0.3, -0.25) is 4.79 Å². The minimum absolute atomic E-state index is 0.286. The number of aliphatic hydroxyl groups is 2. The molecule has 16 heavy (non-hydrogen) atoms. The lowest BCUT2D eigenvalue weighted by Crippen LogP contribution is -2.49. The van der Waals surface area contributed by atoms with E-state index in [4.69, 9.17) is 0 Å². The molecule has 0 atom stereocenters. The summed E-state index contributed by atoms with van der Waals surface area (Å²) < 4.78 is 0. The number of hydrogen-bond acceptors (Lipinski definition) is 3. The van der Waals surface area contributed by atoms with E-state index < -0.39 is 11.2 Å². The molecule has 0 aromatic rings. The van der Waals surface area contributed by atoms with E-state index in [1.165, 1.54) is 0 Å². The van der Waals surface area contributed by atoms with Crippen LogP contribution in [0, 0.1) is 0 Å². The Morgan fingerprint density at radius 3 is 2.06 bits per heavy atom. The Kier molecular flexibility index (Phi) is 3.22. The van der Waals surface area contributed by atoms with E-state index in [-0.39, 0.29) is 12.5 Å². The fourth-order valence-corrected chi connectivity index (χ4v) is 2.81. The van der Waals surface area contributed by atoms with Gasteiger partial charge in [0.05, 0.1) is 5.60 Å². The van der Waals surface area contributed by atoms with Crippen LogP contribution in [0.2, 0.25) is 0 Å². The van der Waals surface area contributed by atoms with Crippen molar-refractivity contribution in [1.29, 1.82) is 0 Å². The molecular weight excluding hydrogens is 206 g/mol. The molecule has 3 N–H and O–H groups in total. The largest absolute Gasteiger partial charge is 0.388 e. The van der Waals surface area contributed by atoms with Crippen LogP contribution in [-0.2, 0) is 4.79 Å². The molecule has 0 bridgehead atoms. The van der Waals surface area contributed by atoms with E-state index in [1.54, 1.807) is 0 Å². The fourth-order valence-electron chi connectivity index (χ4n) is 2.81. The van der Waals surface area contributed by atoms with E-state index in [9.17, 15) is 15.0 Å². The molecule has 0 radical (unpaired) electrons. The summed E-state index contributed by atoms with van der Waals surface area (Å²) >= 11 is 0. The highest BCUT2D eigenvalue weighted by atomic mass is 16.3. The number of nitrogens with one attached hydrogen (secondary N) is 1. The summed E-state index contributed by atoms with van der Waals surface area (Å²) in [5, 5.41) is 22.8. The molecule has 4 heteroatoms. The van der Waals surface area contributed by atoms with Gasteiger partial charge in [-0.15, -0.1) is 0 Å². The molecule has 2 aliphatic rings. The fraction of sp³-hybridized carbons (Fsp3) is 0.917. The van der Waals surface area contributed by atoms with Gasteiger partial charge in [-0.1, -0.05) is 12.8 Å². The van der Waals surface area contributed by atoms with Gasteiger partial charge < -0.3 is 15.5 Å². The molecule has 0 saturated heterocycles. The summed E-state index contributed by atoms with van der Waals surface area (Å²) in [5.41, 5.74) is -1.90. The molecule has 92 valence electrons. The van der Waals surface area contributed by atoms with Crippen LogP contribution in [0.3, 0.4) is 0 Å². The molecule has 0 aliphatic heterocycles. The molecule has 2 aliphatic carbocycles. The lowest BCUT2D eigenvalue weighted by atomic mass is 9.99. The summed E-state index contributed by atoms with van der Waals surface area (Å²) in [7, 11) is 0. The quantitative estimate of drug-likeness (QED) is 0.665. The van der Waals surface area contributed by atoms with E-state index >= 15 is 0 Å². The van der Waals surface area contributed by atoms with E-state index in [0.29, 0.717) is 12.8 Å². The van der Waals surface area contributed by atoms with Crippen molar-refractivity contribution in [2.45, 2.75) is 62.6 Å². The Balaban J connectivity index is 1.83. The molecule has 0 spiro atoms. The summed E-state index contributed by atoms with van der Waals surface area (Å²) in [5.74, 6) is -0.301. The Bertz CT molecular complexity index is 265. The Morgan fingerprint density at radius 2 is 1.50 bits per heavy atom. The van der Waals surface area contributed by atoms with Gasteiger partial charge in [-0.2, -0.15) is 0 Å². The first-order chi connectivity index (χ1) is 7.54. The second kappa shape index (κ2) is 4.34. The molecule has 0 unspecified atom stereocenters. The normalized spacial score (nSPS) is 26.9. The first kappa shape index (κ1) is 11.9. The average molecular weight is 227 g/mol. The van der Waals surface area contributed by atoms with E-state index in [2.05, 4.69) is 5.32 Å². The van der Waals surface area contributed by atoms with Crippen LogP contribution in [0.1, 0.15) is 51.4 Å². The molecule has 2 fully saturated rings. The first-order valence-electron chi connectivity index (χ1n) is 6.27. The summed E-state index contributed by atoms with van der Waals surface area (Å²) in [6.45, 7) is 0.286. The van der Waals surface area contributed by atoms with Crippen molar-refractivity contribution in [2.24, 2.45) is 0 Å². The van der Waals surface area contributed by atoms with Crippen molar-refractivity contribution in [3.8, 4) is 0 Å². The predicted octanol–water partition coefficient (Wildman–Crippen LogP) is 0.713. The lowest BCUT2D eigenvalue weighted by Gasteiger charge is -2.26. The zero-order chi connectivity index (χ0) is 11.6. The van der Waals surface area contributed by atoms with Crippen LogP contribution in [-0.4, -0.2) is 33.9 Å². The van der Waals surface area contributed by atoms with E-state index in [1.807, 2.05) is 0 Å². The van der Waals surface area contributed by atoms with Crippen molar-refractivity contribution in [2.75, 3.05) is 6.54 Å². The van der Waals surface area contributed by atoms with Crippen molar-refractivity contribution < 1.29 is 15.0 Å². The van der Waals surface area contributed by atoms with Gasteiger partial charge in [0, 0.05) is 6.54 Å². The zero-order valence-corrected chi connectivity index (χ0v) is 9.67. The third-order valence-electron chi connectivity index (χ3n) is 3.97. The van der Waals surface area contributed by atoms with Crippen molar-refractivity contribution in [3.05, 3.63) is 0 Å². The maximum absolute atomic E-state index is 11.8. The minimum atomic E-state index is -1.17. The molecule has 1 amide bonds. The van der Waals surface area contributed by atoms with Gasteiger partial charge in [-0.05, 0) is 38.5 Å². The lowest BCUT2D eigenvalue weighted by molar-refractivity contribution is -0.140. The maximum atomic E-state index is 11.8. The SMILES string of the molecule is O=C(NCC1(O)CCCC1)C1(O)CCCC1. The van der Waals surface area contributed by atoms with Crippen LogP contribution in [0.25, 0.3) is 0 Å². The summed E-state index contributed by atoms with van der Waals surface area (Å²) in [6, 6.07) is 0. The molecule has 4 nitrogen and oxygen atoms in total. The van der Waals surface area contributed by atoms with Gasteiger partial charge in [0.2, 0.25) is 0 Å². The second-order valence-electron chi connectivity index (χ2n) is 5.35. The molecule has 0 aromatic heterocycles. The van der Waals surface area contributed by atoms with Crippen molar-refractivity contribution >= 4 is 5.91 Å². The second-order valence-corrected chi connectivity index (χ2v) is 5.35. The number of hydrogen-bond donors (Lipinski definition) is 3. The third kappa shape index (κ3) is 2.38. The predicted molar refractivity (Wildman–Crippen MR) is 59.8 cm³/mol. The van der Waals surface area contributed by atoms with Gasteiger partial charge in [0.25, 0.3) is 5.91 Å². The van der Waals surface area contributed by atoms with Crippen molar-refractivity contribution in [3.63, 3.8) is 0 Å². The smallest absolute Gasteiger partial charge is 0.252 e. The topological polar surface area (TPSA) is 69.6 Å². The number of carbonyl (C=O) groups excluding carboxylic acids is 1. The highest BCUT2D eigenvalue weighted by molar-refractivity contribution is 5.85. The minimum Gasteiger partial charge on any atom is -0.388 e. The first-order valence-corrected chi connectivity index (χ1v) is 6.27. The van der Waals surface area contributed by atoms with Gasteiger partial charge >= 0.3 is 0 Å². The van der Waals surface area contributed by atoms with Gasteiger partial charge in [-0.25, -0.2) is 0 Å². The monoisotopic (exact) mass is 227 g/mol. The average Bonchev–Trinajstić information content (AvgIpc) is 2.86. The molecule has 2 saturated carbocycles. The van der Waals surface area contributed by atoms with Crippen LogP contribution in [0.5, 0.6) is 0 Å². The molecule has 0 heterocycles. The van der Waals surface area contributed by atoms with Gasteiger partial charge in [0.15, 0.2) is 0 Å². The standard InChI is InChI=1S/C12H21NO3/c14-10(12(16)7-3-4-8-12)13-9-11(15)5-1-2-6-11/h15-16H,1-9H2,(H,13,14). The van der Waals surface area contributed by atoms with Crippen LogP contribution < -0.4 is 5.32 Å². The molecule has 2 rings (SSSR count). The summed E-state index contributed by atoms with van der Waals surface area (Å²) in [6.07, 6.45) is 6.49. The zero-order valence-electron chi connectivity index (χ0n) is 9.67. The van der Waals surface area contributed by atoms with Gasteiger partial charge in [0.1, 0.15) is 5.60 Å². The molecular formula is C12H21NO3. The van der Waals surface area contributed by atoms with E-state index in [0.717, 1.165) is 38.5 Å². The Labute approximate surface area is 96.0 Å². The van der Waals surface area contributed by atoms with Crippen LogP contribution >= 0.6 is 0 Å². The number of amides is 1. The summed E-state index contributed by atoms with van der Waals surface area (Å²) in [4.78, 5) is 11.8. The van der Waals surface area contributed by atoms with Crippen molar-refractivity contribution in [1.82, 2.24) is 5.32 Å². The maximum Gasteiger partial charge on any atom is 0.252 e. The highest BCUT2D eigenvalue weighted by Gasteiger charge is 2.40. The number of carbonyl (C=O) groups is 1. The molecule has 0 aromatic carbocycles. The highest BCUT2D eigenvalue weighted by Crippen LogP contribution is 2.31. The Hall–Kier alpha value is -0.610. The van der Waals surface area contributed by atoms with Crippen LogP contribution in [0.15, 0.2) is 0 Å². The number of rotatable bonds is 3.